The van der Waals surface area contributed by atoms with Gasteiger partial charge in [0.25, 0.3) is 0 Å². The maximum atomic E-state index is 9.03. The Morgan fingerprint density at radius 2 is 2.38 bits per heavy atom. The Balaban J connectivity index is 2.67. The molecule has 4 nitrogen and oxygen atoms in total. The van der Waals surface area contributed by atoms with Gasteiger partial charge in [-0.3, -0.25) is 0 Å². The largest absolute Gasteiger partial charge is 0.396 e. The van der Waals surface area contributed by atoms with Gasteiger partial charge in [-0.05, 0) is 25.5 Å². The van der Waals surface area contributed by atoms with E-state index in [1.54, 1.807) is 13.1 Å². The first-order valence-corrected chi connectivity index (χ1v) is 4.23. The van der Waals surface area contributed by atoms with Crippen LogP contribution in [0.15, 0.2) is 12.3 Å². The van der Waals surface area contributed by atoms with E-state index in [2.05, 4.69) is 10.3 Å². The van der Waals surface area contributed by atoms with Gasteiger partial charge in [0, 0.05) is 12.7 Å². The van der Waals surface area contributed by atoms with Crippen molar-refractivity contribution in [1.29, 1.82) is 0 Å². The Bertz CT molecular complexity index is 286. The van der Waals surface area contributed by atoms with E-state index in [0.29, 0.717) is 18.1 Å². The van der Waals surface area contributed by atoms with Gasteiger partial charge in [-0.1, -0.05) is 0 Å². The lowest BCUT2D eigenvalue weighted by molar-refractivity contribution is 0.208. The number of anilines is 2. The van der Waals surface area contributed by atoms with Crippen molar-refractivity contribution in [1.82, 2.24) is 4.98 Å². The molecule has 0 aliphatic heterocycles. The molecule has 0 saturated heterocycles. The lowest BCUT2D eigenvalue weighted by Gasteiger charge is -2.09. The van der Waals surface area contributed by atoms with Crippen molar-refractivity contribution < 1.29 is 5.11 Å². The van der Waals surface area contributed by atoms with Crippen LogP contribution in [0.1, 0.15) is 12.5 Å². The van der Waals surface area contributed by atoms with Crippen LogP contribution in [0.2, 0.25) is 0 Å². The van der Waals surface area contributed by atoms with Crippen LogP contribution < -0.4 is 11.1 Å². The number of aryl methyl sites for hydroxylation is 1. The highest BCUT2D eigenvalue weighted by molar-refractivity contribution is 5.61. The first-order chi connectivity index (χ1) is 6.09. The summed E-state index contributed by atoms with van der Waals surface area (Å²) in [7, 11) is 0. The fourth-order valence-electron chi connectivity index (χ4n) is 0.984. The third-order valence-electron chi connectivity index (χ3n) is 1.62. The third kappa shape index (κ3) is 2.91. The van der Waals surface area contributed by atoms with E-state index < -0.39 is 6.10 Å². The quantitative estimate of drug-likeness (QED) is 0.644. The summed E-state index contributed by atoms with van der Waals surface area (Å²) in [6.45, 7) is 4.10. The Morgan fingerprint density at radius 3 is 2.92 bits per heavy atom. The highest BCUT2D eigenvalue weighted by atomic mass is 16.3. The molecule has 0 aromatic carbocycles. The average Bonchev–Trinajstić information content (AvgIpc) is 2.02. The number of aromatic nitrogens is 1. The highest BCUT2D eigenvalue weighted by Crippen LogP contribution is 2.15. The molecule has 0 bridgehead atoms. The average molecular weight is 181 g/mol. The Hall–Kier alpha value is -1.29. The summed E-state index contributed by atoms with van der Waals surface area (Å²) in [4.78, 5) is 4.10. The molecular weight excluding hydrogens is 166 g/mol. The predicted molar refractivity (Wildman–Crippen MR) is 53.6 cm³/mol. The van der Waals surface area contributed by atoms with Gasteiger partial charge in [0.05, 0.1) is 11.8 Å². The van der Waals surface area contributed by atoms with Crippen LogP contribution in [0.25, 0.3) is 0 Å². The normalized spacial score (nSPS) is 12.5. The summed E-state index contributed by atoms with van der Waals surface area (Å²) in [5, 5.41) is 12.0. The highest BCUT2D eigenvalue weighted by Gasteiger charge is 2.01. The zero-order valence-electron chi connectivity index (χ0n) is 7.91. The molecule has 0 fully saturated rings. The summed E-state index contributed by atoms with van der Waals surface area (Å²) in [6.07, 6.45) is 1.34. The van der Waals surface area contributed by atoms with Crippen molar-refractivity contribution in [3.05, 3.63) is 17.8 Å². The number of nitrogens with zero attached hydrogens (tertiary/aromatic N) is 1. The predicted octanol–water partition coefficient (Wildman–Crippen LogP) is 0.765. The molecule has 1 aromatic rings. The molecule has 0 radical (unpaired) electrons. The van der Waals surface area contributed by atoms with E-state index in [1.807, 2.05) is 13.0 Å². The second-order valence-electron chi connectivity index (χ2n) is 3.18. The van der Waals surface area contributed by atoms with Crippen LogP contribution in [-0.4, -0.2) is 22.7 Å². The summed E-state index contributed by atoms with van der Waals surface area (Å²) < 4.78 is 0. The van der Waals surface area contributed by atoms with E-state index in [4.69, 9.17) is 10.8 Å². The maximum absolute atomic E-state index is 9.03. The minimum Gasteiger partial charge on any atom is -0.396 e. The first-order valence-electron chi connectivity index (χ1n) is 4.23. The molecule has 0 saturated carbocycles. The fourth-order valence-corrected chi connectivity index (χ4v) is 0.984. The number of hydrogen-bond donors (Lipinski definition) is 3. The molecule has 1 atom stereocenters. The van der Waals surface area contributed by atoms with Crippen molar-refractivity contribution in [2.75, 3.05) is 17.6 Å². The molecule has 4 N–H and O–H groups in total. The number of nitrogens with one attached hydrogen (secondary N) is 1. The van der Waals surface area contributed by atoms with Gasteiger partial charge in [-0.2, -0.15) is 0 Å². The maximum Gasteiger partial charge on any atom is 0.149 e. The van der Waals surface area contributed by atoms with Crippen molar-refractivity contribution in [3.8, 4) is 0 Å². The molecule has 4 heteroatoms. The van der Waals surface area contributed by atoms with Crippen LogP contribution in [0.4, 0.5) is 11.5 Å². The molecule has 72 valence electrons. The molecule has 1 unspecified atom stereocenters. The summed E-state index contributed by atoms with van der Waals surface area (Å²) >= 11 is 0. The van der Waals surface area contributed by atoms with Gasteiger partial charge in [-0.15, -0.1) is 0 Å². The second kappa shape index (κ2) is 4.09. The second-order valence-corrected chi connectivity index (χ2v) is 3.18. The SMILES string of the molecule is Cc1cnc(NCC(C)O)c(N)c1. The molecule has 1 heterocycles. The number of aliphatic hydroxyl groups is 1. The van der Waals surface area contributed by atoms with Crippen molar-refractivity contribution in [2.24, 2.45) is 0 Å². The summed E-state index contributed by atoms with van der Waals surface area (Å²) in [5.41, 5.74) is 7.34. The molecule has 1 aromatic heterocycles. The Morgan fingerprint density at radius 1 is 1.69 bits per heavy atom. The fraction of sp³-hybridized carbons (Fsp3) is 0.444. The molecule has 0 aliphatic rings. The van der Waals surface area contributed by atoms with E-state index in [1.165, 1.54) is 0 Å². The lowest BCUT2D eigenvalue weighted by Crippen LogP contribution is -2.16. The number of rotatable bonds is 3. The van der Waals surface area contributed by atoms with Crippen LogP contribution >= 0.6 is 0 Å². The standard InChI is InChI=1S/C9H15N3O/c1-6-3-8(10)9(11-4-6)12-5-7(2)13/h3-4,7,13H,5,10H2,1-2H3,(H,11,12). The minimum absolute atomic E-state index is 0.400. The minimum atomic E-state index is -0.400. The molecule has 0 spiro atoms. The number of aliphatic hydroxyl groups excluding tert-OH is 1. The van der Waals surface area contributed by atoms with Gasteiger partial charge >= 0.3 is 0 Å². The van der Waals surface area contributed by atoms with Crippen LogP contribution in [0.5, 0.6) is 0 Å². The van der Waals surface area contributed by atoms with Gasteiger partial charge < -0.3 is 16.2 Å². The number of hydrogen-bond acceptors (Lipinski definition) is 4. The van der Waals surface area contributed by atoms with E-state index >= 15 is 0 Å². The monoisotopic (exact) mass is 181 g/mol. The van der Waals surface area contributed by atoms with Gasteiger partial charge in [0.15, 0.2) is 0 Å². The van der Waals surface area contributed by atoms with Crippen LogP contribution in [0.3, 0.4) is 0 Å². The number of nitrogens with two attached hydrogens (primary N) is 1. The lowest BCUT2D eigenvalue weighted by atomic mass is 10.3. The molecule has 13 heavy (non-hydrogen) atoms. The summed E-state index contributed by atoms with van der Waals surface area (Å²) in [5.74, 6) is 0.631. The van der Waals surface area contributed by atoms with E-state index in [-0.39, 0.29) is 0 Å². The summed E-state index contributed by atoms with van der Waals surface area (Å²) in [6, 6.07) is 1.84. The van der Waals surface area contributed by atoms with Crippen molar-refractivity contribution >= 4 is 11.5 Å². The zero-order valence-corrected chi connectivity index (χ0v) is 7.91. The Kier molecular flexibility index (Phi) is 3.08. The molecular formula is C9H15N3O. The van der Waals surface area contributed by atoms with Gasteiger partial charge in [-0.25, -0.2) is 4.98 Å². The van der Waals surface area contributed by atoms with Crippen LogP contribution in [0, 0.1) is 6.92 Å². The van der Waals surface area contributed by atoms with Gasteiger partial charge in [0.2, 0.25) is 0 Å². The van der Waals surface area contributed by atoms with Crippen LogP contribution in [-0.2, 0) is 0 Å². The van der Waals surface area contributed by atoms with Gasteiger partial charge in [0.1, 0.15) is 5.82 Å². The number of pyridine rings is 1. The van der Waals surface area contributed by atoms with Crippen molar-refractivity contribution in [2.45, 2.75) is 20.0 Å². The zero-order chi connectivity index (χ0) is 9.84. The first kappa shape index (κ1) is 9.80. The topological polar surface area (TPSA) is 71.2 Å². The van der Waals surface area contributed by atoms with Crippen molar-refractivity contribution in [3.63, 3.8) is 0 Å². The third-order valence-corrected chi connectivity index (χ3v) is 1.62. The molecule has 1 rings (SSSR count). The van der Waals surface area contributed by atoms with E-state index in [0.717, 1.165) is 5.56 Å². The van der Waals surface area contributed by atoms with E-state index in [9.17, 15) is 0 Å². The number of nitrogen functional groups attached to an aromatic ring is 1. The molecule has 0 amide bonds. The molecule has 0 aliphatic carbocycles. The Labute approximate surface area is 77.8 Å². The smallest absolute Gasteiger partial charge is 0.149 e.